The summed E-state index contributed by atoms with van der Waals surface area (Å²) in [5, 5.41) is 7.66. The van der Waals surface area contributed by atoms with Crippen LogP contribution in [0.15, 0.2) is 16.8 Å². The zero-order valence-electron chi connectivity index (χ0n) is 14.2. The lowest BCUT2D eigenvalue weighted by Crippen LogP contribution is -2.46. The molecular weight excluding hydrogens is 308 g/mol. The van der Waals surface area contributed by atoms with Gasteiger partial charge in [0, 0.05) is 13.0 Å². The monoisotopic (exact) mass is 336 g/mol. The van der Waals surface area contributed by atoms with Crippen LogP contribution in [0, 0.1) is 11.8 Å². The number of hydrogen-bond acceptors (Lipinski definition) is 4. The molecule has 2 fully saturated rings. The fourth-order valence-corrected chi connectivity index (χ4v) is 4.43. The lowest BCUT2D eigenvalue weighted by molar-refractivity contribution is -0.146. The third kappa shape index (κ3) is 4.34. The van der Waals surface area contributed by atoms with Gasteiger partial charge in [0.2, 0.25) is 5.91 Å². The maximum Gasteiger partial charge on any atom is 0.223 e. The number of carbonyl (C=O) groups is 1. The van der Waals surface area contributed by atoms with Crippen molar-refractivity contribution in [3.63, 3.8) is 0 Å². The molecule has 1 amide bonds. The van der Waals surface area contributed by atoms with Crippen molar-refractivity contribution >= 4 is 17.2 Å². The molecule has 2 aliphatic heterocycles. The minimum atomic E-state index is 0.0283. The Kier molecular flexibility index (Phi) is 5.72. The van der Waals surface area contributed by atoms with Crippen molar-refractivity contribution in [1.82, 2.24) is 10.2 Å². The van der Waals surface area contributed by atoms with Crippen LogP contribution < -0.4 is 5.32 Å². The molecule has 0 aromatic carbocycles. The first-order chi connectivity index (χ1) is 11.1. The number of amides is 1. The van der Waals surface area contributed by atoms with E-state index in [1.54, 1.807) is 11.3 Å². The zero-order chi connectivity index (χ0) is 16.2. The van der Waals surface area contributed by atoms with Gasteiger partial charge in [-0.05, 0) is 67.1 Å². The molecule has 0 saturated carbocycles. The lowest BCUT2D eigenvalue weighted by Gasteiger charge is -2.38. The van der Waals surface area contributed by atoms with Gasteiger partial charge in [0.15, 0.2) is 0 Å². The molecule has 2 aliphatic rings. The largest absolute Gasteiger partial charge is 0.367 e. The normalized spacial score (nSPS) is 30.2. The van der Waals surface area contributed by atoms with E-state index in [0.717, 1.165) is 19.6 Å². The summed E-state index contributed by atoms with van der Waals surface area (Å²) >= 11 is 1.68. The van der Waals surface area contributed by atoms with Gasteiger partial charge in [-0.1, -0.05) is 6.92 Å². The maximum atomic E-state index is 12.8. The molecule has 0 spiro atoms. The summed E-state index contributed by atoms with van der Waals surface area (Å²) in [4.78, 5) is 14.8. The molecule has 5 heteroatoms. The van der Waals surface area contributed by atoms with Gasteiger partial charge in [-0.3, -0.25) is 4.79 Å². The van der Waals surface area contributed by atoms with E-state index in [9.17, 15) is 4.79 Å². The van der Waals surface area contributed by atoms with Gasteiger partial charge in [0.1, 0.15) is 6.10 Å². The van der Waals surface area contributed by atoms with E-state index in [-0.39, 0.29) is 12.2 Å². The Bertz CT molecular complexity index is 499. The van der Waals surface area contributed by atoms with E-state index in [1.165, 1.54) is 18.4 Å². The summed E-state index contributed by atoms with van der Waals surface area (Å²) in [7, 11) is 0. The SMILES string of the molecule is CC1CN(C(=O)CC(C)C2CCCNC2)CC(c2ccsc2)O1. The number of piperidine rings is 1. The standard InChI is InChI=1S/C18H28N2O2S/c1-13(15-4-3-6-19-9-15)8-18(21)20-10-14(2)22-17(11-20)16-5-7-23-12-16/h5,7,12-15,17,19H,3-4,6,8-11H2,1-2H3. The van der Waals surface area contributed by atoms with Crippen molar-refractivity contribution < 1.29 is 9.53 Å². The second-order valence-corrected chi connectivity index (χ2v) is 7.86. The molecule has 23 heavy (non-hydrogen) atoms. The van der Waals surface area contributed by atoms with Gasteiger partial charge in [0.25, 0.3) is 0 Å². The van der Waals surface area contributed by atoms with Gasteiger partial charge in [-0.15, -0.1) is 0 Å². The van der Waals surface area contributed by atoms with E-state index in [0.29, 0.717) is 30.7 Å². The Labute approximate surface area is 143 Å². The average Bonchev–Trinajstić information content (AvgIpc) is 3.09. The third-order valence-electron chi connectivity index (χ3n) is 5.16. The van der Waals surface area contributed by atoms with Crippen LogP contribution in [0.3, 0.4) is 0 Å². The topological polar surface area (TPSA) is 41.6 Å². The number of ether oxygens (including phenoxy) is 1. The second-order valence-electron chi connectivity index (χ2n) is 7.08. The van der Waals surface area contributed by atoms with Crippen LogP contribution in [0.1, 0.15) is 44.8 Å². The molecule has 4 atom stereocenters. The van der Waals surface area contributed by atoms with Crippen LogP contribution in [0.2, 0.25) is 0 Å². The number of morpholine rings is 1. The predicted octanol–water partition coefficient (Wildman–Crippen LogP) is 3.06. The van der Waals surface area contributed by atoms with Gasteiger partial charge in [0.05, 0.1) is 12.6 Å². The van der Waals surface area contributed by atoms with Gasteiger partial charge >= 0.3 is 0 Å². The van der Waals surface area contributed by atoms with Crippen LogP contribution in [0.5, 0.6) is 0 Å². The zero-order valence-corrected chi connectivity index (χ0v) is 15.0. The summed E-state index contributed by atoms with van der Waals surface area (Å²) in [5.74, 6) is 1.38. The first-order valence-corrected chi connectivity index (χ1v) is 9.74. The molecule has 2 saturated heterocycles. The molecule has 128 valence electrons. The van der Waals surface area contributed by atoms with Crippen LogP contribution in [0.4, 0.5) is 0 Å². The Morgan fingerprint density at radius 2 is 2.39 bits per heavy atom. The minimum Gasteiger partial charge on any atom is -0.367 e. The Hall–Kier alpha value is -0.910. The molecule has 1 aromatic rings. The highest BCUT2D eigenvalue weighted by molar-refractivity contribution is 7.07. The fourth-order valence-electron chi connectivity index (χ4n) is 3.73. The highest BCUT2D eigenvalue weighted by atomic mass is 32.1. The Morgan fingerprint density at radius 3 is 3.09 bits per heavy atom. The number of nitrogens with zero attached hydrogens (tertiary/aromatic N) is 1. The van der Waals surface area contributed by atoms with Crippen LogP contribution in [-0.4, -0.2) is 43.1 Å². The lowest BCUT2D eigenvalue weighted by atomic mass is 9.85. The van der Waals surface area contributed by atoms with Crippen molar-refractivity contribution in [2.75, 3.05) is 26.2 Å². The van der Waals surface area contributed by atoms with E-state index in [1.807, 2.05) is 4.90 Å². The molecule has 0 bridgehead atoms. The van der Waals surface area contributed by atoms with Crippen molar-refractivity contribution in [3.8, 4) is 0 Å². The molecule has 1 aromatic heterocycles. The van der Waals surface area contributed by atoms with Crippen LogP contribution in [0.25, 0.3) is 0 Å². The molecule has 0 radical (unpaired) electrons. The van der Waals surface area contributed by atoms with Gasteiger partial charge < -0.3 is 15.0 Å². The molecule has 0 aliphatic carbocycles. The highest BCUT2D eigenvalue weighted by Gasteiger charge is 2.31. The van der Waals surface area contributed by atoms with Crippen molar-refractivity contribution in [1.29, 1.82) is 0 Å². The minimum absolute atomic E-state index is 0.0283. The highest BCUT2D eigenvalue weighted by Crippen LogP contribution is 2.29. The summed E-state index contributed by atoms with van der Waals surface area (Å²) in [6, 6.07) is 2.10. The van der Waals surface area contributed by atoms with Crippen molar-refractivity contribution in [2.45, 2.75) is 45.3 Å². The van der Waals surface area contributed by atoms with Crippen LogP contribution >= 0.6 is 11.3 Å². The fraction of sp³-hybridized carbons (Fsp3) is 0.722. The Balaban J connectivity index is 1.57. The summed E-state index contributed by atoms with van der Waals surface area (Å²) in [5.41, 5.74) is 1.20. The van der Waals surface area contributed by atoms with Crippen molar-refractivity contribution in [2.24, 2.45) is 11.8 Å². The van der Waals surface area contributed by atoms with Crippen LogP contribution in [-0.2, 0) is 9.53 Å². The molecule has 1 N–H and O–H groups in total. The third-order valence-corrected chi connectivity index (χ3v) is 5.87. The Morgan fingerprint density at radius 1 is 1.52 bits per heavy atom. The van der Waals surface area contributed by atoms with Gasteiger partial charge in [-0.2, -0.15) is 11.3 Å². The average molecular weight is 337 g/mol. The quantitative estimate of drug-likeness (QED) is 0.919. The number of rotatable bonds is 4. The number of carbonyl (C=O) groups excluding carboxylic acids is 1. The smallest absolute Gasteiger partial charge is 0.223 e. The predicted molar refractivity (Wildman–Crippen MR) is 93.6 cm³/mol. The van der Waals surface area contributed by atoms with E-state index in [4.69, 9.17) is 4.74 Å². The second kappa shape index (κ2) is 7.77. The number of nitrogens with one attached hydrogen (secondary N) is 1. The van der Waals surface area contributed by atoms with Crippen molar-refractivity contribution in [3.05, 3.63) is 22.4 Å². The molecule has 4 unspecified atom stereocenters. The summed E-state index contributed by atoms with van der Waals surface area (Å²) in [6.07, 6.45) is 3.27. The maximum absolute atomic E-state index is 12.8. The summed E-state index contributed by atoms with van der Waals surface area (Å²) in [6.45, 7) is 7.89. The first kappa shape index (κ1) is 16.9. The number of thiophene rings is 1. The molecular formula is C18H28N2O2S. The molecule has 3 rings (SSSR count). The summed E-state index contributed by atoms with van der Waals surface area (Å²) < 4.78 is 6.04. The molecule has 3 heterocycles. The first-order valence-electron chi connectivity index (χ1n) is 8.79. The number of hydrogen-bond donors (Lipinski definition) is 1. The van der Waals surface area contributed by atoms with Gasteiger partial charge in [-0.25, -0.2) is 0 Å². The van der Waals surface area contributed by atoms with E-state index < -0.39 is 0 Å². The van der Waals surface area contributed by atoms with E-state index >= 15 is 0 Å². The van der Waals surface area contributed by atoms with E-state index in [2.05, 4.69) is 36.0 Å². The molecule has 4 nitrogen and oxygen atoms in total.